The van der Waals surface area contributed by atoms with Gasteiger partial charge in [0.2, 0.25) is 0 Å². The monoisotopic (exact) mass is 282 g/mol. The van der Waals surface area contributed by atoms with Crippen LogP contribution in [0.1, 0.15) is 17.3 Å². The zero-order valence-electron chi connectivity index (χ0n) is 12.6. The summed E-state index contributed by atoms with van der Waals surface area (Å²) in [7, 11) is 6.41. The summed E-state index contributed by atoms with van der Waals surface area (Å²) in [6, 6.07) is 3.43. The summed E-state index contributed by atoms with van der Waals surface area (Å²) in [5, 5.41) is 5.89. The molecule has 0 bridgehead atoms. The van der Waals surface area contributed by atoms with Gasteiger partial charge in [0, 0.05) is 24.7 Å². The van der Waals surface area contributed by atoms with E-state index in [1.165, 1.54) is 21.3 Å². The molecule has 1 unspecified atom stereocenters. The maximum Gasteiger partial charge on any atom is 0.255 e. The first-order valence-corrected chi connectivity index (χ1v) is 6.32. The molecule has 1 amide bonds. The average molecular weight is 282 g/mol. The summed E-state index contributed by atoms with van der Waals surface area (Å²) < 4.78 is 15.6. The molecule has 1 rings (SSSR count). The molecule has 6 heteroatoms. The first kappa shape index (κ1) is 16.1. The number of methoxy groups -OCH3 is 3. The Balaban J connectivity index is 3.00. The summed E-state index contributed by atoms with van der Waals surface area (Å²) in [4.78, 5) is 12.2. The van der Waals surface area contributed by atoms with Crippen molar-refractivity contribution in [3.63, 3.8) is 0 Å². The predicted octanol–water partition coefficient (Wildman–Crippen LogP) is 1.05. The summed E-state index contributed by atoms with van der Waals surface area (Å²) in [6.07, 6.45) is 0. The van der Waals surface area contributed by atoms with E-state index in [4.69, 9.17) is 14.2 Å². The second-order valence-electron chi connectivity index (χ2n) is 4.31. The van der Waals surface area contributed by atoms with Gasteiger partial charge in [0.15, 0.2) is 11.5 Å². The number of benzene rings is 1. The summed E-state index contributed by atoms with van der Waals surface area (Å²) in [5.74, 6) is 1.23. The normalized spacial score (nSPS) is 11.7. The van der Waals surface area contributed by atoms with Gasteiger partial charge in [0.1, 0.15) is 5.75 Å². The smallest absolute Gasteiger partial charge is 0.255 e. The van der Waals surface area contributed by atoms with E-state index in [0.717, 1.165) is 0 Å². The van der Waals surface area contributed by atoms with Crippen LogP contribution in [-0.2, 0) is 0 Å². The van der Waals surface area contributed by atoms with E-state index in [1.807, 2.05) is 14.0 Å². The number of rotatable bonds is 7. The second-order valence-corrected chi connectivity index (χ2v) is 4.31. The van der Waals surface area contributed by atoms with Gasteiger partial charge in [-0.2, -0.15) is 0 Å². The Bertz CT molecular complexity index is 463. The van der Waals surface area contributed by atoms with Crippen LogP contribution in [0.4, 0.5) is 0 Å². The van der Waals surface area contributed by atoms with Gasteiger partial charge < -0.3 is 24.8 Å². The summed E-state index contributed by atoms with van der Waals surface area (Å²) in [6.45, 7) is 2.50. The number of likely N-dealkylation sites (N-methyl/N-ethyl adjacent to an activating group) is 1. The maximum atomic E-state index is 12.2. The Labute approximate surface area is 119 Å². The van der Waals surface area contributed by atoms with Gasteiger partial charge in [0.25, 0.3) is 5.91 Å². The fourth-order valence-electron chi connectivity index (χ4n) is 1.65. The lowest BCUT2D eigenvalue weighted by atomic mass is 10.1. The third-order valence-corrected chi connectivity index (χ3v) is 3.01. The molecule has 0 heterocycles. The van der Waals surface area contributed by atoms with Crippen LogP contribution in [0.15, 0.2) is 12.1 Å². The van der Waals surface area contributed by atoms with Crippen LogP contribution in [0.5, 0.6) is 17.2 Å². The van der Waals surface area contributed by atoms with Crippen molar-refractivity contribution in [1.29, 1.82) is 0 Å². The number of nitrogens with one attached hydrogen (secondary N) is 2. The van der Waals surface area contributed by atoms with Crippen molar-refractivity contribution in [3.8, 4) is 17.2 Å². The van der Waals surface area contributed by atoms with E-state index >= 15 is 0 Å². The van der Waals surface area contributed by atoms with Crippen molar-refractivity contribution in [2.75, 3.05) is 34.9 Å². The van der Waals surface area contributed by atoms with Crippen LogP contribution in [0.25, 0.3) is 0 Å². The van der Waals surface area contributed by atoms with Crippen LogP contribution < -0.4 is 24.8 Å². The molecule has 0 spiro atoms. The molecular weight excluding hydrogens is 260 g/mol. The predicted molar refractivity (Wildman–Crippen MR) is 77.0 cm³/mol. The molecule has 0 saturated heterocycles. The lowest BCUT2D eigenvalue weighted by Gasteiger charge is -2.15. The largest absolute Gasteiger partial charge is 0.496 e. The van der Waals surface area contributed by atoms with Crippen LogP contribution in [0.2, 0.25) is 0 Å². The van der Waals surface area contributed by atoms with Gasteiger partial charge in [0.05, 0.1) is 26.9 Å². The Morgan fingerprint density at radius 2 is 1.65 bits per heavy atom. The molecule has 0 saturated carbocycles. The van der Waals surface area contributed by atoms with Crippen molar-refractivity contribution in [3.05, 3.63) is 17.7 Å². The highest BCUT2D eigenvalue weighted by molar-refractivity contribution is 5.97. The molecule has 1 aromatic rings. The summed E-state index contributed by atoms with van der Waals surface area (Å²) >= 11 is 0. The van der Waals surface area contributed by atoms with Gasteiger partial charge in [-0.15, -0.1) is 0 Å². The zero-order chi connectivity index (χ0) is 15.1. The summed E-state index contributed by atoms with van der Waals surface area (Å²) in [5.41, 5.74) is 0.411. The Kier molecular flexibility index (Phi) is 6.11. The van der Waals surface area contributed by atoms with Crippen LogP contribution >= 0.6 is 0 Å². The first-order valence-electron chi connectivity index (χ1n) is 6.32. The number of amides is 1. The zero-order valence-corrected chi connectivity index (χ0v) is 12.6. The van der Waals surface area contributed by atoms with E-state index in [0.29, 0.717) is 29.4 Å². The minimum absolute atomic E-state index is 0.185. The number of carbonyl (C=O) groups excluding carboxylic acids is 1. The van der Waals surface area contributed by atoms with Crippen molar-refractivity contribution in [1.82, 2.24) is 10.6 Å². The van der Waals surface area contributed by atoms with Crippen molar-refractivity contribution in [2.45, 2.75) is 13.0 Å². The molecule has 6 nitrogen and oxygen atoms in total. The van der Waals surface area contributed by atoms with Gasteiger partial charge in [-0.3, -0.25) is 4.79 Å². The van der Waals surface area contributed by atoms with E-state index in [2.05, 4.69) is 10.6 Å². The Morgan fingerprint density at radius 3 is 2.15 bits per heavy atom. The highest BCUT2D eigenvalue weighted by Gasteiger charge is 2.17. The number of hydrogen-bond donors (Lipinski definition) is 2. The van der Waals surface area contributed by atoms with Gasteiger partial charge in [-0.1, -0.05) is 0 Å². The fraction of sp³-hybridized carbons (Fsp3) is 0.500. The Morgan fingerprint density at radius 1 is 1.10 bits per heavy atom. The minimum atomic E-state index is -0.218. The lowest BCUT2D eigenvalue weighted by Crippen LogP contribution is -2.37. The van der Waals surface area contributed by atoms with E-state index < -0.39 is 0 Å². The van der Waals surface area contributed by atoms with Crippen molar-refractivity contribution < 1.29 is 19.0 Å². The molecule has 20 heavy (non-hydrogen) atoms. The number of ether oxygens (including phenoxy) is 3. The fourth-order valence-corrected chi connectivity index (χ4v) is 1.65. The van der Waals surface area contributed by atoms with E-state index in [-0.39, 0.29) is 11.9 Å². The molecule has 112 valence electrons. The third-order valence-electron chi connectivity index (χ3n) is 3.01. The molecule has 0 radical (unpaired) electrons. The number of hydrogen-bond acceptors (Lipinski definition) is 5. The molecule has 0 fully saturated rings. The van der Waals surface area contributed by atoms with Crippen molar-refractivity contribution in [2.24, 2.45) is 0 Å². The van der Waals surface area contributed by atoms with E-state index in [1.54, 1.807) is 12.1 Å². The minimum Gasteiger partial charge on any atom is -0.496 e. The maximum absolute atomic E-state index is 12.2. The van der Waals surface area contributed by atoms with Crippen LogP contribution in [0, 0.1) is 0 Å². The topological polar surface area (TPSA) is 68.8 Å². The van der Waals surface area contributed by atoms with E-state index in [9.17, 15) is 4.79 Å². The van der Waals surface area contributed by atoms with Crippen LogP contribution in [0.3, 0.4) is 0 Å². The third kappa shape index (κ3) is 3.77. The number of carbonyl (C=O) groups is 1. The molecule has 0 aliphatic rings. The first-order chi connectivity index (χ1) is 9.57. The van der Waals surface area contributed by atoms with Crippen molar-refractivity contribution >= 4 is 5.91 Å². The second kappa shape index (κ2) is 7.59. The standard InChI is InChI=1S/C14H22N2O4/c1-9(15-2)8-16-14(17)10-6-12(19-4)13(20-5)7-11(10)18-3/h6-7,9,15H,8H2,1-5H3,(H,16,17). The quantitative estimate of drug-likeness (QED) is 0.782. The molecule has 0 aliphatic heterocycles. The highest BCUT2D eigenvalue weighted by atomic mass is 16.5. The SMILES string of the molecule is CNC(C)CNC(=O)c1cc(OC)c(OC)cc1OC. The van der Waals surface area contributed by atoms with Crippen LogP contribution in [-0.4, -0.2) is 46.9 Å². The molecule has 2 N–H and O–H groups in total. The van der Waals surface area contributed by atoms with Gasteiger partial charge in [-0.05, 0) is 14.0 Å². The molecule has 0 aromatic heterocycles. The average Bonchev–Trinajstić information content (AvgIpc) is 2.50. The molecule has 0 aliphatic carbocycles. The van der Waals surface area contributed by atoms with Gasteiger partial charge >= 0.3 is 0 Å². The Hall–Kier alpha value is -1.95. The van der Waals surface area contributed by atoms with Gasteiger partial charge in [-0.25, -0.2) is 0 Å². The molecular formula is C14H22N2O4. The molecule has 1 aromatic carbocycles. The lowest BCUT2D eigenvalue weighted by molar-refractivity contribution is 0.0947. The molecule has 1 atom stereocenters. The highest BCUT2D eigenvalue weighted by Crippen LogP contribution is 2.34.